The topological polar surface area (TPSA) is 389 Å². The molecule has 0 heterocycles. The molecule has 0 fully saturated rings. The third-order valence-corrected chi connectivity index (χ3v) is 11.8. The average molecular weight is 867 g/mol. The number of carboxylic acid groups (broad SMARTS) is 1. The van der Waals surface area contributed by atoms with Gasteiger partial charge in [-0.2, -0.15) is 30.4 Å². The number of azo groups is 2. The maximum Gasteiger partial charge on any atom is 0.398 e. The Morgan fingerprint density at radius 2 is 1.33 bits per heavy atom. The van der Waals surface area contributed by atoms with Crippen LogP contribution >= 0.6 is 0 Å². The van der Waals surface area contributed by atoms with Gasteiger partial charge in [-0.15, -0.1) is 15.3 Å². The number of hydrogen-bond donors (Lipinski definition) is 6. The Morgan fingerprint density at radius 3 is 1.91 bits per heavy atom. The van der Waals surface area contributed by atoms with Crippen molar-refractivity contribution in [2.45, 2.75) is 15.5 Å². The molecule has 0 aromatic heterocycles. The van der Waals surface area contributed by atoms with E-state index in [-0.39, 0.29) is 32.6 Å². The highest BCUT2D eigenvalue weighted by molar-refractivity contribution is 7.91. The van der Waals surface area contributed by atoms with Gasteiger partial charge >= 0.3 is 26.8 Å². The van der Waals surface area contributed by atoms with Crippen molar-refractivity contribution in [3.8, 4) is 0 Å². The second-order valence-electron chi connectivity index (χ2n) is 10.9. The number of hydrogen-bond acceptors (Lipinski definition) is 19. The van der Waals surface area contributed by atoms with Crippen LogP contribution in [0.5, 0.6) is 0 Å². The Balaban J connectivity index is 1.73. The summed E-state index contributed by atoms with van der Waals surface area (Å²) in [6.45, 7) is -0.910. The van der Waals surface area contributed by atoms with Crippen LogP contribution in [0.4, 0.5) is 34.1 Å². The summed E-state index contributed by atoms with van der Waals surface area (Å²) in [6, 6.07) is 11.3. The van der Waals surface area contributed by atoms with Gasteiger partial charge in [-0.25, -0.2) is 30.0 Å². The smallest absolute Gasteiger partial charge is 0.398 e. The Labute approximate surface area is 311 Å². The van der Waals surface area contributed by atoms with E-state index in [1.807, 2.05) is 0 Å². The van der Waals surface area contributed by atoms with Crippen molar-refractivity contribution < 1.29 is 74.0 Å². The van der Waals surface area contributed by atoms with Crippen molar-refractivity contribution in [1.29, 1.82) is 0 Å². The lowest BCUT2D eigenvalue weighted by Gasteiger charge is -2.11. The van der Waals surface area contributed by atoms with Crippen molar-refractivity contribution in [2.75, 3.05) is 29.8 Å². The first kappa shape index (κ1) is 42.7. The van der Waals surface area contributed by atoms with Gasteiger partial charge in [-0.05, 0) is 41.3 Å². The number of carbonyl (C=O) groups is 1. The number of rotatable bonds is 16. The Morgan fingerprint density at radius 1 is 0.709 bits per heavy atom. The Hall–Kier alpha value is -5.04. The SMILES string of the molecule is Nc1cc(N)c(/N=N\c2ccc3cc(CS(=O)(=O)COS(=O)(=O)O)ccc3c2S(=O)(=O)O)c(C(=O)O)c1N=Nc1cccc(S(=O)(=O)CCOS(=O)(=O)O)c1. The van der Waals surface area contributed by atoms with Crippen LogP contribution in [0.2, 0.25) is 0 Å². The Kier molecular flexibility index (Phi) is 12.4. The number of anilines is 2. The molecule has 0 bridgehead atoms. The standard InChI is InChI=1S/C27H26N6O17S5/c28-20-12-21(29)25(23(27(34)35)24(20)32-30-17-2-1-3-18(11-17)52(38,39)9-8-49-54(43,44)45)33-31-22-7-5-16-10-15(4-6-19(16)26(22)53(40,41)42)13-51(36,37)14-50-55(46,47)48/h1-7,10-12H,8-9,13-14,28-29H2,(H,34,35)(H,40,41,42)(H,43,44,45)(H,46,47,48)/b32-30?,33-31-. The second-order valence-corrected chi connectivity index (χ2v) is 18.6. The summed E-state index contributed by atoms with van der Waals surface area (Å²) in [4.78, 5) is 11.2. The number of sulfone groups is 2. The monoisotopic (exact) mass is 866 g/mol. The molecule has 4 aromatic rings. The summed E-state index contributed by atoms with van der Waals surface area (Å²) in [5, 5.41) is 25.2. The second kappa shape index (κ2) is 16.0. The molecule has 4 rings (SSSR count). The van der Waals surface area contributed by atoms with Gasteiger partial charge < -0.3 is 16.6 Å². The van der Waals surface area contributed by atoms with Crippen LogP contribution in [0.15, 0.2) is 90.9 Å². The van der Waals surface area contributed by atoms with Gasteiger partial charge in [0.15, 0.2) is 25.6 Å². The normalized spacial score (nSPS) is 13.2. The highest BCUT2D eigenvalue weighted by Crippen LogP contribution is 2.42. The molecule has 0 aliphatic rings. The molecule has 55 heavy (non-hydrogen) atoms. The van der Waals surface area contributed by atoms with Gasteiger partial charge in [0.1, 0.15) is 27.5 Å². The molecule has 8 N–H and O–H groups in total. The van der Waals surface area contributed by atoms with Crippen molar-refractivity contribution in [2.24, 2.45) is 20.5 Å². The van der Waals surface area contributed by atoms with E-state index in [4.69, 9.17) is 20.6 Å². The van der Waals surface area contributed by atoms with E-state index in [0.717, 1.165) is 36.4 Å². The number of nitrogen functional groups attached to an aromatic ring is 2. The fraction of sp³-hybridized carbons (Fsp3) is 0.148. The summed E-state index contributed by atoms with van der Waals surface area (Å²) in [7, 11) is -23.6. The lowest BCUT2D eigenvalue weighted by atomic mass is 10.1. The lowest BCUT2D eigenvalue weighted by molar-refractivity contribution is 0.0698. The minimum Gasteiger partial charge on any atom is -0.478 e. The van der Waals surface area contributed by atoms with Crippen molar-refractivity contribution >= 4 is 101 Å². The van der Waals surface area contributed by atoms with E-state index in [1.165, 1.54) is 24.3 Å². The molecule has 0 radical (unpaired) electrons. The van der Waals surface area contributed by atoms with Gasteiger partial charge in [0, 0.05) is 5.39 Å². The van der Waals surface area contributed by atoms with Crippen LogP contribution in [0.25, 0.3) is 10.8 Å². The molecule has 0 unspecified atom stereocenters. The summed E-state index contributed by atoms with van der Waals surface area (Å²) in [6.07, 6.45) is 0. The number of nitrogens with zero attached hydrogens (tertiary/aromatic N) is 4. The van der Waals surface area contributed by atoms with E-state index < -0.39 is 114 Å². The molecule has 4 aromatic carbocycles. The number of benzene rings is 4. The van der Waals surface area contributed by atoms with Crippen molar-refractivity contribution in [3.05, 3.63) is 71.8 Å². The van der Waals surface area contributed by atoms with Gasteiger partial charge in [0.2, 0.25) is 0 Å². The Bertz CT molecular complexity index is 2830. The van der Waals surface area contributed by atoms with E-state index in [2.05, 4.69) is 28.8 Å². The number of nitrogens with two attached hydrogens (primary N) is 2. The maximum absolute atomic E-state index is 12.6. The summed E-state index contributed by atoms with van der Waals surface area (Å²) in [5.41, 5.74) is 8.57. The molecule has 0 saturated carbocycles. The predicted octanol–water partition coefficient (Wildman–Crippen LogP) is 3.06. The third-order valence-electron chi connectivity index (χ3n) is 6.86. The molecule has 296 valence electrons. The van der Waals surface area contributed by atoms with E-state index in [1.54, 1.807) is 0 Å². The van der Waals surface area contributed by atoms with Crippen molar-refractivity contribution in [3.63, 3.8) is 0 Å². The third kappa shape index (κ3) is 11.5. The summed E-state index contributed by atoms with van der Waals surface area (Å²) >= 11 is 0. The minimum absolute atomic E-state index is 0.0168. The van der Waals surface area contributed by atoms with Crippen LogP contribution in [0.1, 0.15) is 15.9 Å². The number of fused-ring (bicyclic) bond motifs is 1. The van der Waals surface area contributed by atoms with E-state index >= 15 is 0 Å². The van der Waals surface area contributed by atoms with Crippen LogP contribution in [-0.2, 0) is 64.7 Å². The van der Waals surface area contributed by atoms with Crippen LogP contribution in [0, 0.1) is 0 Å². The van der Waals surface area contributed by atoms with E-state index in [9.17, 15) is 56.5 Å². The molecule has 0 spiro atoms. The molecule has 0 atom stereocenters. The van der Waals surface area contributed by atoms with Crippen LogP contribution in [0.3, 0.4) is 0 Å². The molecule has 0 aliphatic carbocycles. The highest BCUT2D eigenvalue weighted by atomic mass is 32.3. The van der Waals surface area contributed by atoms with Crippen LogP contribution < -0.4 is 11.5 Å². The average Bonchev–Trinajstić information content (AvgIpc) is 3.04. The number of aromatic carboxylic acids is 1. The molecule has 0 aliphatic heterocycles. The zero-order valence-electron chi connectivity index (χ0n) is 27.2. The fourth-order valence-corrected chi connectivity index (χ4v) is 8.85. The molecule has 23 nitrogen and oxygen atoms in total. The minimum atomic E-state index is -5.13. The molecule has 0 amide bonds. The van der Waals surface area contributed by atoms with E-state index in [0.29, 0.717) is 0 Å². The first-order valence-corrected chi connectivity index (χ1v) is 22.0. The first-order chi connectivity index (χ1) is 25.3. The predicted molar refractivity (Wildman–Crippen MR) is 190 cm³/mol. The summed E-state index contributed by atoms with van der Waals surface area (Å²) in [5.74, 6) is -4.80. The largest absolute Gasteiger partial charge is 0.478 e. The maximum atomic E-state index is 12.6. The van der Waals surface area contributed by atoms with Crippen molar-refractivity contribution in [1.82, 2.24) is 0 Å². The number of carboxylic acids is 1. The van der Waals surface area contributed by atoms with Gasteiger partial charge in [-0.1, -0.05) is 30.3 Å². The summed E-state index contributed by atoms with van der Waals surface area (Å²) < 4.78 is 153. The molecular weight excluding hydrogens is 841 g/mol. The zero-order valence-corrected chi connectivity index (χ0v) is 31.3. The highest BCUT2D eigenvalue weighted by Gasteiger charge is 2.25. The van der Waals surface area contributed by atoms with Gasteiger partial charge in [0.05, 0.1) is 40.1 Å². The molecule has 28 heteroatoms. The van der Waals surface area contributed by atoms with Crippen LogP contribution in [-0.4, -0.2) is 85.1 Å². The van der Waals surface area contributed by atoms with Gasteiger partial charge in [0.25, 0.3) is 10.1 Å². The zero-order chi connectivity index (χ0) is 41.1. The fourth-order valence-electron chi connectivity index (χ4n) is 4.65. The quantitative estimate of drug-likeness (QED) is 0.0535. The first-order valence-electron chi connectivity index (χ1n) is 14.3. The molecular formula is C27H26N6O17S5. The van der Waals surface area contributed by atoms with Gasteiger partial charge in [-0.3, -0.25) is 13.7 Å². The molecule has 0 saturated heterocycles. The lowest BCUT2D eigenvalue weighted by Crippen LogP contribution is -2.15.